The standard InChI is InChI=1S/C13H19NO/c1-15-13-9-5-3-7-11(13)10-6-2-4-8-12(10)14/h3,5,7,9-10,12H,2,4,6,8,14H2,1H3/t10-,12+/m0/s1. The van der Waals surface area contributed by atoms with Crippen LogP contribution in [0.3, 0.4) is 0 Å². The van der Waals surface area contributed by atoms with Gasteiger partial charge in [-0.3, -0.25) is 0 Å². The second kappa shape index (κ2) is 4.67. The minimum atomic E-state index is 0.301. The van der Waals surface area contributed by atoms with Crippen LogP contribution in [0, 0.1) is 0 Å². The molecule has 2 nitrogen and oxygen atoms in total. The van der Waals surface area contributed by atoms with Gasteiger partial charge in [0.15, 0.2) is 0 Å². The van der Waals surface area contributed by atoms with E-state index in [0.717, 1.165) is 12.2 Å². The zero-order valence-electron chi connectivity index (χ0n) is 9.28. The molecule has 0 aromatic heterocycles. The summed E-state index contributed by atoms with van der Waals surface area (Å²) >= 11 is 0. The monoisotopic (exact) mass is 205 g/mol. The van der Waals surface area contributed by atoms with E-state index in [0.29, 0.717) is 12.0 Å². The summed E-state index contributed by atoms with van der Waals surface area (Å²) in [5.41, 5.74) is 7.46. The number of rotatable bonds is 2. The largest absolute Gasteiger partial charge is 0.496 e. The van der Waals surface area contributed by atoms with E-state index in [4.69, 9.17) is 10.5 Å². The summed E-state index contributed by atoms with van der Waals surface area (Å²) in [6.07, 6.45) is 4.90. The first-order chi connectivity index (χ1) is 7.33. The molecule has 1 aliphatic rings. The van der Waals surface area contributed by atoms with E-state index < -0.39 is 0 Å². The summed E-state index contributed by atoms with van der Waals surface area (Å²) in [7, 11) is 1.73. The number of benzene rings is 1. The highest BCUT2D eigenvalue weighted by atomic mass is 16.5. The van der Waals surface area contributed by atoms with Crippen LogP contribution in [0.1, 0.15) is 37.2 Å². The van der Waals surface area contributed by atoms with Crippen molar-refractivity contribution in [1.29, 1.82) is 0 Å². The van der Waals surface area contributed by atoms with E-state index in [1.165, 1.54) is 24.8 Å². The van der Waals surface area contributed by atoms with E-state index in [1.807, 2.05) is 12.1 Å². The zero-order chi connectivity index (χ0) is 10.7. The van der Waals surface area contributed by atoms with Gasteiger partial charge >= 0.3 is 0 Å². The summed E-state index contributed by atoms with van der Waals surface area (Å²) < 4.78 is 5.39. The third-order valence-electron chi connectivity index (χ3n) is 3.36. The highest BCUT2D eigenvalue weighted by molar-refractivity contribution is 5.37. The van der Waals surface area contributed by atoms with Crippen molar-refractivity contribution in [3.63, 3.8) is 0 Å². The molecule has 0 bridgehead atoms. The molecule has 82 valence electrons. The van der Waals surface area contributed by atoms with Gasteiger partial charge in [0, 0.05) is 12.0 Å². The van der Waals surface area contributed by atoms with Gasteiger partial charge in [0.05, 0.1) is 7.11 Å². The SMILES string of the molecule is COc1ccccc1[C@@H]1CCCC[C@H]1N. The van der Waals surface area contributed by atoms with Gasteiger partial charge in [-0.15, -0.1) is 0 Å². The molecule has 1 fully saturated rings. The fraction of sp³-hybridized carbons (Fsp3) is 0.538. The summed E-state index contributed by atoms with van der Waals surface area (Å²) in [6.45, 7) is 0. The summed E-state index contributed by atoms with van der Waals surface area (Å²) in [6, 6.07) is 8.55. The van der Waals surface area contributed by atoms with Crippen LogP contribution in [0.4, 0.5) is 0 Å². The smallest absolute Gasteiger partial charge is 0.122 e. The molecule has 2 atom stereocenters. The molecule has 2 rings (SSSR count). The van der Waals surface area contributed by atoms with E-state index >= 15 is 0 Å². The quantitative estimate of drug-likeness (QED) is 0.805. The van der Waals surface area contributed by atoms with E-state index in [9.17, 15) is 0 Å². The molecule has 0 radical (unpaired) electrons. The number of ether oxygens (including phenoxy) is 1. The Balaban J connectivity index is 2.26. The molecule has 0 aliphatic heterocycles. The molecule has 0 unspecified atom stereocenters. The number of nitrogens with two attached hydrogens (primary N) is 1. The lowest BCUT2D eigenvalue weighted by Crippen LogP contribution is -2.31. The van der Waals surface area contributed by atoms with Crippen molar-refractivity contribution in [2.75, 3.05) is 7.11 Å². The molecular formula is C13H19NO. The third-order valence-corrected chi connectivity index (χ3v) is 3.36. The zero-order valence-corrected chi connectivity index (χ0v) is 9.28. The van der Waals surface area contributed by atoms with Gasteiger partial charge in [0.2, 0.25) is 0 Å². The predicted molar refractivity (Wildman–Crippen MR) is 62.2 cm³/mol. The maximum Gasteiger partial charge on any atom is 0.122 e. The number of hydrogen-bond acceptors (Lipinski definition) is 2. The van der Waals surface area contributed by atoms with Crippen molar-refractivity contribution in [2.24, 2.45) is 5.73 Å². The Bertz CT molecular complexity index is 324. The van der Waals surface area contributed by atoms with Crippen LogP contribution >= 0.6 is 0 Å². The third kappa shape index (κ3) is 2.15. The van der Waals surface area contributed by atoms with Crippen LogP contribution in [-0.4, -0.2) is 13.2 Å². The van der Waals surface area contributed by atoms with Crippen molar-refractivity contribution >= 4 is 0 Å². The molecule has 0 amide bonds. The van der Waals surface area contributed by atoms with Crippen molar-refractivity contribution in [2.45, 2.75) is 37.6 Å². The van der Waals surface area contributed by atoms with Gasteiger partial charge in [-0.2, -0.15) is 0 Å². The Morgan fingerprint density at radius 2 is 1.93 bits per heavy atom. The topological polar surface area (TPSA) is 35.2 Å². The van der Waals surface area contributed by atoms with Crippen LogP contribution in [0.2, 0.25) is 0 Å². The van der Waals surface area contributed by atoms with Crippen LogP contribution in [0.15, 0.2) is 24.3 Å². The lowest BCUT2D eigenvalue weighted by molar-refractivity contribution is 0.360. The molecule has 15 heavy (non-hydrogen) atoms. The maximum absolute atomic E-state index is 6.18. The fourth-order valence-corrected chi connectivity index (χ4v) is 2.52. The van der Waals surface area contributed by atoms with Gasteiger partial charge in [0.1, 0.15) is 5.75 Å². The molecule has 0 heterocycles. The summed E-state index contributed by atoms with van der Waals surface area (Å²) in [5.74, 6) is 1.47. The number of hydrogen-bond donors (Lipinski definition) is 1. The molecule has 1 saturated carbocycles. The van der Waals surface area contributed by atoms with Gasteiger partial charge in [-0.25, -0.2) is 0 Å². The Morgan fingerprint density at radius 1 is 1.20 bits per heavy atom. The molecule has 1 aromatic carbocycles. The predicted octanol–water partition coefficient (Wildman–Crippen LogP) is 2.68. The van der Waals surface area contributed by atoms with E-state index in [-0.39, 0.29) is 0 Å². The Hall–Kier alpha value is -1.02. The van der Waals surface area contributed by atoms with Crippen molar-refractivity contribution in [1.82, 2.24) is 0 Å². The molecule has 0 spiro atoms. The average Bonchev–Trinajstić information content (AvgIpc) is 2.30. The van der Waals surface area contributed by atoms with Crippen LogP contribution in [-0.2, 0) is 0 Å². The van der Waals surface area contributed by atoms with Gasteiger partial charge < -0.3 is 10.5 Å². The highest BCUT2D eigenvalue weighted by Gasteiger charge is 2.25. The molecule has 1 aliphatic carbocycles. The molecule has 0 saturated heterocycles. The van der Waals surface area contributed by atoms with Crippen LogP contribution < -0.4 is 10.5 Å². The second-order valence-corrected chi connectivity index (χ2v) is 4.30. The molecule has 2 N–H and O–H groups in total. The first kappa shape index (κ1) is 10.5. The molecule has 1 aromatic rings. The lowest BCUT2D eigenvalue weighted by atomic mass is 9.80. The maximum atomic E-state index is 6.18. The average molecular weight is 205 g/mol. The lowest BCUT2D eigenvalue weighted by Gasteiger charge is -2.29. The second-order valence-electron chi connectivity index (χ2n) is 4.30. The Labute approximate surface area is 91.4 Å². The first-order valence-electron chi connectivity index (χ1n) is 5.71. The minimum Gasteiger partial charge on any atom is -0.496 e. The highest BCUT2D eigenvalue weighted by Crippen LogP contribution is 2.36. The molecular weight excluding hydrogens is 186 g/mol. The Morgan fingerprint density at radius 3 is 2.67 bits per heavy atom. The van der Waals surface area contributed by atoms with Crippen molar-refractivity contribution in [3.05, 3.63) is 29.8 Å². The number of para-hydroxylation sites is 1. The van der Waals surface area contributed by atoms with Crippen molar-refractivity contribution < 1.29 is 4.74 Å². The van der Waals surface area contributed by atoms with Gasteiger partial charge in [0.25, 0.3) is 0 Å². The fourth-order valence-electron chi connectivity index (χ4n) is 2.52. The van der Waals surface area contributed by atoms with E-state index in [1.54, 1.807) is 7.11 Å². The summed E-state index contributed by atoms with van der Waals surface area (Å²) in [5, 5.41) is 0. The minimum absolute atomic E-state index is 0.301. The number of methoxy groups -OCH3 is 1. The van der Waals surface area contributed by atoms with Gasteiger partial charge in [-0.05, 0) is 24.5 Å². The van der Waals surface area contributed by atoms with Gasteiger partial charge in [-0.1, -0.05) is 31.0 Å². The molecule has 2 heteroatoms. The Kier molecular flexibility index (Phi) is 3.27. The van der Waals surface area contributed by atoms with E-state index in [2.05, 4.69) is 12.1 Å². The normalized spacial score (nSPS) is 26.3. The van der Waals surface area contributed by atoms with Crippen LogP contribution in [0.25, 0.3) is 0 Å². The summed E-state index contributed by atoms with van der Waals surface area (Å²) in [4.78, 5) is 0. The van der Waals surface area contributed by atoms with Crippen LogP contribution in [0.5, 0.6) is 5.75 Å². The van der Waals surface area contributed by atoms with Crippen molar-refractivity contribution in [3.8, 4) is 5.75 Å². The first-order valence-corrected chi connectivity index (χ1v) is 5.71.